The Morgan fingerprint density at radius 1 is 1.20 bits per heavy atom. The van der Waals surface area contributed by atoms with Crippen LogP contribution in [0.25, 0.3) is 22.6 Å². The van der Waals surface area contributed by atoms with Crippen LogP contribution in [0.3, 0.4) is 0 Å². The minimum atomic E-state index is 0. The number of hydrogen-bond acceptors (Lipinski definition) is 2. The largest absolute Gasteiger partial charge is 1.00 e. The highest BCUT2D eigenvalue weighted by molar-refractivity contribution is 6.31. The van der Waals surface area contributed by atoms with Gasteiger partial charge in [-0.05, 0) is 18.2 Å². The molecular weight excluding hydrogens is 387 g/mol. The molecule has 104 valence electrons. The number of hydrogen-bond donors (Lipinski definition) is 0. The number of aryl methyl sites for hydroxylation is 1. The number of halogens is 2. The second-order valence-corrected chi connectivity index (χ2v) is 4.89. The van der Waals surface area contributed by atoms with Gasteiger partial charge in [0.1, 0.15) is 12.1 Å². The maximum absolute atomic E-state index is 5.94. The maximum Gasteiger partial charge on any atom is 0.227 e. The summed E-state index contributed by atoms with van der Waals surface area (Å²) in [6.07, 6.45) is 5.20. The fourth-order valence-corrected chi connectivity index (χ4v) is 2.20. The quantitative estimate of drug-likeness (QED) is 0.482. The summed E-state index contributed by atoms with van der Waals surface area (Å²) in [4.78, 5) is 4.46. The SMILES string of the molecule is CCC[n+]1ccc(-c2nc3cc(Cl)ccc3o2)cc1.[I-]. The first kappa shape index (κ1) is 15.3. The lowest BCUT2D eigenvalue weighted by molar-refractivity contribution is -0.696. The Morgan fingerprint density at radius 2 is 1.95 bits per heavy atom. The average Bonchev–Trinajstić information content (AvgIpc) is 2.83. The number of benzene rings is 1. The molecule has 0 saturated carbocycles. The van der Waals surface area contributed by atoms with E-state index in [1.54, 1.807) is 6.07 Å². The predicted octanol–water partition coefficient (Wildman–Crippen LogP) is 0.850. The summed E-state index contributed by atoms with van der Waals surface area (Å²) in [7, 11) is 0. The lowest BCUT2D eigenvalue weighted by atomic mass is 10.2. The van der Waals surface area contributed by atoms with Crippen molar-refractivity contribution in [2.24, 2.45) is 0 Å². The zero-order valence-corrected chi connectivity index (χ0v) is 13.9. The summed E-state index contributed by atoms with van der Waals surface area (Å²) in [5.41, 5.74) is 2.51. The van der Waals surface area contributed by atoms with Gasteiger partial charge in [-0.1, -0.05) is 18.5 Å². The number of aromatic nitrogens is 2. The lowest BCUT2D eigenvalue weighted by Gasteiger charge is -1.95. The summed E-state index contributed by atoms with van der Waals surface area (Å²) >= 11 is 5.94. The van der Waals surface area contributed by atoms with Gasteiger partial charge in [0, 0.05) is 29.1 Å². The molecule has 0 spiro atoms. The molecule has 0 unspecified atom stereocenters. The van der Waals surface area contributed by atoms with E-state index in [1.807, 2.05) is 36.7 Å². The van der Waals surface area contributed by atoms with Crippen molar-refractivity contribution in [3.8, 4) is 11.5 Å². The highest BCUT2D eigenvalue weighted by Crippen LogP contribution is 2.25. The van der Waals surface area contributed by atoms with Gasteiger partial charge in [-0.2, -0.15) is 0 Å². The Kier molecular flexibility index (Phi) is 4.99. The number of oxazole rings is 1. The van der Waals surface area contributed by atoms with Crippen LogP contribution in [-0.4, -0.2) is 4.98 Å². The van der Waals surface area contributed by atoms with Gasteiger partial charge in [0.15, 0.2) is 18.0 Å². The molecule has 3 aromatic rings. The third-order valence-corrected chi connectivity index (χ3v) is 3.20. The zero-order valence-electron chi connectivity index (χ0n) is 11.0. The van der Waals surface area contributed by atoms with Crippen LogP contribution in [0, 0.1) is 0 Å². The Morgan fingerprint density at radius 3 is 2.65 bits per heavy atom. The molecule has 0 fully saturated rings. The summed E-state index contributed by atoms with van der Waals surface area (Å²) in [5.74, 6) is 0.626. The van der Waals surface area contributed by atoms with Crippen molar-refractivity contribution in [2.75, 3.05) is 0 Å². The van der Waals surface area contributed by atoms with E-state index < -0.39 is 0 Å². The van der Waals surface area contributed by atoms with E-state index in [9.17, 15) is 0 Å². The van der Waals surface area contributed by atoms with Crippen molar-refractivity contribution in [1.29, 1.82) is 0 Å². The molecule has 0 amide bonds. The molecule has 3 nitrogen and oxygen atoms in total. The van der Waals surface area contributed by atoms with Gasteiger partial charge in [0.25, 0.3) is 0 Å². The van der Waals surface area contributed by atoms with E-state index >= 15 is 0 Å². The van der Waals surface area contributed by atoms with Crippen LogP contribution in [-0.2, 0) is 6.54 Å². The summed E-state index contributed by atoms with van der Waals surface area (Å²) in [5, 5.41) is 0.668. The van der Waals surface area contributed by atoms with Crippen LogP contribution in [0.15, 0.2) is 47.1 Å². The second kappa shape index (κ2) is 6.54. The Bertz CT molecular complexity index is 709. The van der Waals surface area contributed by atoms with Gasteiger partial charge in [0.05, 0.1) is 0 Å². The molecule has 2 aromatic heterocycles. The van der Waals surface area contributed by atoms with Crippen molar-refractivity contribution in [3.05, 3.63) is 47.7 Å². The minimum Gasteiger partial charge on any atom is -1.00 e. The molecule has 0 N–H and O–H groups in total. The van der Waals surface area contributed by atoms with E-state index in [0.717, 1.165) is 29.6 Å². The molecule has 0 aliphatic rings. The molecule has 20 heavy (non-hydrogen) atoms. The number of nitrogens with zero attached hydrogens (tertiary/aromatic N) is 2. The standard InChI is InChI=1S/C15H14ClN2O.HI/c1-2-7-18-8-5-11(6-9-18)15-17-13-10-12(16)3-4-14(13)19-15;/h3-6,8-10H,2,7H2,1H3;1H/q+1;/p-1. The van der Waals surface area contributed by atoms with E-state index in [2.05, 4.69) is 16.5 Å². The third kappa shape index (κ3) is 3.12. The van der Waals surface area contributed by atoms with Crippen LogP contribution in [0.4, 0.5) is 0 Å². The third-order valence-electron chi connectivity index (χ3n) is 2.97. The molecular formula is C15H14ClIN2O. The molecule has 3 rings (SSSR count). The van der Waals surface area contributed by atoms with Crippen molar-refractivity contribution < 1.29 is 33.0 Å². The van der Waals surface area contributed by atoms with E-state index in [4.69, 9.17) is 16.0 Å². The number of fused-ring (bicyclic) bond motifs is 1. The summed E-state index contributed by atoms with van der Waals surface area (Å²) in [6.45, 7) is 3.18. The highest BCUT2D eigenvalue weighted by Gasteiger charge is 2.10. The molecule has 1 aromatic carbocycles. The molecule has 0 aliphatic carbocycles. The average molecular weight is 401 g/mol. The zero-order chi connectivity index (χ0) is 13.2. The molecule has 2 heterocycles. The first-order valence-corrected chi connectivity index (χ1v) is 6.69. The molecule has 0 aliphatic heterocycles. The highest BCUT2D eigenvalue weighted by atomic mass is 127. The summed E-state index contributed by atoms with van der Waals surface area (Å²) in [6, 6.07) is 9.49. The fourth-order valence-electron chi connectivity index (χ4n) is 2.03. The fraction of sp³-hybridized carbons (Fsp3) is 0.200. The van der Waals surface area contributed by atoms with Gasteiger partial charge >= 0.3 is 0 Å². The van der Waals surface area contributed by atoms with Crippen molar-refractivity contribution in [3.63, 3.8) is 0 Å². The number of rotatable bonds is 3. The van der Waals surface area contributed by atoms with Gasteiger partial charge in [0.2, 0.25) is 5.89 Å². The molecule has 0 bridgehead atoms. The summed E-state index contributed by atoms with van der Waals surface area (Å²) < 4.78 is 7.87. The van der Waals surface area contributed by atoms with Gasteiger partial charge in [-0.25, -0.2) is 9.55 Å². The number of pyridine rings is 1. The van der Waals surface area contributed by atoms with Crippen LogP contribution < -0.4 is 28.5 Å². The normalized spacial score (nSPS) is 10.5. The van der Waals surface area contributed by atoms with Gasteiger partial charge in [-0.3, -0.25) is 0 Å². The molecule has 0 saturated heterocycles. The Hall–Kier alpha value is -1.14. The van der Waals surface area contributed by atoms with Crippen LogP contribution in [0.5, 0.6) is 0 Å². The van der Waals surface area contributed by atoms with Gasteiger partial charge < -0.3 is 28.4 Å². The van der Waals surface area contributed by atoms with Crippen LogP contribution in [0.1, 0.15) is 13.3 Å². The van der Waals surface area contributed by atoms with Crippen molar-refractivity contribution in [2.45, 2.75) is 19.9 Å². The monoisotopic (exact) mass is 400 g/mol. The molecule has 0 atom stereocenters. The predicted molar refractivity (Wildman–Crippen MR) is 74.9 cm³/mol. The van der Waals surface area contributed by atoms with Crippen molar-refractivity contribution in [1.82, 2.24) is 4.98 Å². The Labute approximate surface area is 139 Å². The first-order valence-electron chi connectivity index (χ1n) is 6.32. The van der Waals surface area contributed by atoms with Crippen LogP contribution in [0.2, 0.25) is 5.02 Å². The van der Waals surface area contributed by atoms with E-state index in [-0.39, 0.29) is 24.0 Å². The minimum absolute atomic E-state index is 0. The smallest absolute Gasteiger partial charge is 0.227 e. The Balaban J connectivity index is 0.00000147. The van der Waals surface area contributed by atoms with E-state index in [0.29, 0.717) is 10.9 Å². The second-order valence-electron chi connectivity index (χ2n) is 4.46. The molecule has 0 radical (unpaired) electrons. The lowest BCUT2D eigenvalue weighted by Crippen LogP contribution is -3.00. The van der Waals surface area contributed by atoms with Crippen molar-refractivity contribution >= 4 is 22.7 Å². The van der Waals surface area contributed by atoms with Gasteiger partial charge in [-0.15, -0.1) is 0 Å². The van der Waals surface area contributed by atoms with Crippen LogP contribution >= 0.6 is 11.6 Å². The topological polar surface area (TPSA) is 29.9 Å². The molecule has 5 heteroatoms. The first-order chi connectivity index (χ1) is 9.26. The maximum atomic E-state index is 5.94. The van der Waals surface area contributed by atoms with E-state index in [1.165, 1.54) is 0 Å².